The van der Waals surface area contributed by atoms with E-state index in [1.807, 2.05) is 0 Å². The predicted octanol–water partition coefficient (Wildman–Crippen LogP) is 3.62. The van der Waals surface area contributed by atoms with Crippen LogP contribution in [0.3, 0.4) is 0 Å². The van der Waals surface area contributed by atoms with Crippen LogP contribution in [-0.2, 0) is 19.3 Å². The van der Waals surface area contributed by atoms with Gasteiger partial charge in [0.25, 0.3) is 0 Å². The highest BCUT2D eigenvalue weighted by molar-refractivity contribution is 5.47. The first-order valence-electron chi connectivity index (χ1n) is 9.80. The number of fused-ring (bicyclic) bond motifs is 1. The maximum absolute atomic E-state index is 5.61. The van der Waals surface area contributed by atoms with Gasteiger partial charge in [-0.25, -0.2) is 0 Å². The van der Waals surface area contributed by atoms with Crippen molar-refractivity contribution in [3.05, 3.63) is 46.8 Å². The van der Waals surface area contributed by atoms with Crippen LogP contribution in [0.25, 0.3) is 0 Å². The third-order valence-electron chi connectivity index (χ3n) is 5.69. The van der Waals surface area contributed by atoms with Crippen LogP contribution < -0.4 is 4.90 Å². The van der Waals surface area contributed by atoms with Crippen LogP contribution in [0.15, 0.2) is 28.8 Å². The van der Waals surface area contributed by atoms with E-state index in [-0.39, 0.29) is 0 Å². The molecule has 0 atom stereocenters. The molecule has 0 unspecified atom stereocenters. The fraction of sp³-hybridized carbons (Fsp3) is 0.571. The first kappa shape index (κ1) is 16.6. The number of aryl methyl sites for hydroxylation is 3. The molecule has 4 nitrogen and oxygen atoms in total. The van der Waals surface area contributed by atoms with E-state index in [4.69, 9.17) is 4.52 Å². The number of nitrogens with zero attached hydrogens (tertiary/aromatic N) is 3. The second-order valence-corrected chi connectivity index (χ2v) is 7.51. The first-order chi connectivity index (χ1) is 12.3. The molecule has 134 valence electrons. The first-order valence-corrected chi connectivity index (χ1v) is 9.80. The Kier molecular flexibility index (Phi) is 5.07. The average Bonchev–Trinajstić information content (AvgIpc) is 3.06. The van der Waals surface area contributed by atoms with Crippen LogP contribution >= 0.6 is 0 Å². The van der Waals surface area contributed by atoms with Crippen molar-refractivity contribution in [3.63, 3.8) is 0 Å². The van der Waals surface area contributed by atoms with E-state index >= 15 is 0 Å². The van der Waals surface area contributed by atoms with Gasteiger partial charge in [-0.1, -0.05) is 22.9 Å². The van der Waals surface area contributed by atoms with E-state index in [2.05, 4.69) is 46.1 Å². The summed E-state index contributed by atoms with van der Waals surface area (Å²) in [4.78, 5) is 5.09. The number of aromatic nitrogens is 1. The Hall–Kier alpha value is -1.81. The average molecular weight is 339 g/mol. The van der Waals surface area contributed by atoms with Crippen molar-refractivity contribution in [2.45, 2.75) is 45.4 Å². The molecule has 0 N–H and O–H groups in total. The fourth-order valence-corrected chi connectivity index (χ4v) is 4.10. The van der Waals surface area contributed by atoms with E-state index < -0.39 is 0 Å². The van der Waals surface area contributed by atoms with Gasteiger partial charge < -0.3 is 9.42 Å². The van der Waals surface area contributed by atoms with Gasteiger partial charge in [-0.2, -0.15) is 0 Å². The van der Waals surface area contributed by atoms with E-state index in [0.29, 0.717) is 0 Å². The molecule has 4 rings (SSSR count). The molecule has 0 bridgehead atoms. The molecule has 0 spiro atoms. The highest BCUT2D eigenvalue weighted by Crippen LogP contribution is 2.25. The molecule has 4 heteroatoms. The lowest BCUT2D eigenvalue weighted by molar-refractivity contribution is 0.251. The van der Waals surface area contributed by atoms with Gasteiger partial charge in [0.05, 0.1) is 5.69 Å². The molecular formula is C21H29N3O. The lowest BCUT2D eigenvalue weighted by Crippen LogP contribution is -2.46. The van der Waals surface area contributed by atoms with Crippen LogP contribution in [0.1, 0.15) is 41.8 Å². The molecule has 1 aromatic heterocycles. The van der Waals surface area contributed by atoms with Gasteiger partial charge in [-0.05, 0) is 57.7 Å². The summed E-state index contributed by atoms with van der Waals surface area (Å²) in [6.45, 7) is 7.87. The summed E-state index contributed by atoms with van der Waals surface area (Å²) in [6.07, 6.45) is 7.06. The minimum atomic E-state index is 1.04. The minimum Gasteiger partial charge on any atom is -0.369 e. The van der Waals surface area contributed by atoms with Gasteiger partial charge in [0.15, 0.2) is 0 Å². The summed E-state index contributed by atoms with van der Waals surface area (Å²) in [5.41, 5.74) is 5.35. The zero-order valence-corrected chi connectivity index (χ0v) is 15.3. The van der Waals surface area contributed by atoms with Crippen molar-refractivity contribution in [1.82, 2.24) is 10.1 Å². The van der Waals surface area contributed by atoms with Crippen molar-refractivity contribution in [3.8, 4) is 0 Å². The van der Waals surface area contributed by atoms with Crippen LogP contribution in [0.5, 0.6) is 0 Å². The smallest absolute Gasteiger partial charge is 0.140 e. The monoisotopic (exact) mass is 339 g/mol. The van der Waals surface area contributed by atoms with Crippen molar-refractivity contribution in [1.29, 1.82) is 0 Å². The fourth-order valence-electron chi connectivity index (χ4n) is 4.10. The third-order valence-corrected chi connectivity index (χ3v) is 5.69. The van der Waals surface area contributed by atoms with Gasteiger partial charge >= 0.3 is 0 Å². The molecule has 25 heavy (non-hydrogen) atoms. The molecule has 2 heterocycles. The van der Waals surface area contributed by atoms with Crippen LogP contribution in [0.2, 0.25) is 0 Å². The van der Waals surface area contributed by atoms with Crippen molar-refractivity contribution < 1.29 is 4.52 Å². The third kappa shape index (κ3) is 3.90. The van der Waals surface area contributed by atoms with E-state index in [1.54, 1.807) is 0 Å². The summed E-state index contributed by atoms with van der Waals surface area (Å²) in [5, 5.41) is 4.28. The molecule has 1 fully saturated rings. The SMILES string of the molecule is Cc1ccc(N2CCN(CCCc3onc4c3CCCC4)CC2)cc1. The lowest BCUT2D eigenvalue weighted by Gasteiger charge is -2.36. The molecule has 1 aliphatic carbocycles. The molecule has 1 aromatic carbocycles. The maximum Gasteiger partial charge on any atom is 0.140 e. The summed E-state index contributed by atoms with van der Waals surface area (Å²) >= 11 is 0. The molecule has 0 saturated carbocycles. The van der Waals surface area contributed by atoms with Crippen molar-refractivity contribution in [2.75, 3.05) is 37.6 Å². The summed E-state index contributed by atoms with van der Waals surface area (Å²) in [6, 6.07) is 8.91. The molecule has 1 aliphatic heterocycles. The minimum absolute atomic E-state index is 1.04. The maximum atomic E-state index is 5.61. The Bertz CT molecular complexity index is 684. The van der Waals surface area contributed by atoms with Crippen molar-refractivity contribution in [2.24, 2.45) is 0 Å². The van der Waals surface area contributed by atoms with Gasteiger partial charge in [-0.15, -0.1) is 0 Å². The number of hydrogen-bond donors (Lipinski definition) is 0. The molecule has 2 aromatic rings. The molecule has 2 aliphatic rings. The predicted molar refractivity (Wildman–Crippen MR) is 101 cm³/mol. The largest absolute Gasteiger partial charge is 0.369 e. The lowest BCUT2D eigenvalue weighted by atomic mass is 9.95. The number of hydrogen-bond acceptors (Lipinski definition) is 4. The number of anilines is 1. The summed E-state index contributed by atoms with van der Waals surface area (Å²) in [5.74, 6) is 1.16. The normalized spacial score (nSPS) is 18.4. The number of piperazine rings is 1. The highest BCUT2D eigenvalue weighted by atomic mass is 16.5. The summed E-state index contributed by atoms with van der Waals surface area (Å²) in [7, 11) is 0. The molecule has 0 radical (unpaired) electrons. The Morgan fingerprint density at radius 1 is 1.00 bits per heavy atom. The molecule has 0 amide bonds. The number of rotatable bonds is 5. The van der Waals surface area contributed by atoms with E-state index in [0.717, 1.165) is 51.3 Å². The second-order valence-electron chi connectivity index (χ2n) is 7.51. The van der Waals surface area contributed by atoms with Gasteiger partial charge in [0.2, 0.25) is 0 Å². The van der Waals surface area contributed by atoms with Crippen LogP contribution in [-0.4, -0.2) is 42.8 Å². The van der Waals surface area contributed by atoms with E-state index in [9.17, 15) is 0 Å². The molecule has 1 saturated heterocycles. The summed E-state index contributed by atoms with van der Waals surface area (Å²) < 4.78 is 5.61. The Balaban J connectivity index is 1.23. The van der Waals surface area contributed by atoms with E-state index in [1.165, 1.54) is 48.2 Å². The van der Waals surface area contributed by atoms with Crippen LogP contribution in [0.4, 0.5) is 5.69 Å². The van der Waals surface area contributed by atoms with Gasteiger partial charge in [-0.3, -0.25) is 4.90 Å². The topological polar surface area (TPSA) is 32.5 Å². The quantitative estimate of drug-likeness (QED) is 0.833. The van der Waals surface area contributed by atoms with Gasteiger partial charge in [0.1, 0.15) is 5.76 Å². The highest BCUT2D eigenvalue weighted by Gasteiger charge is 2.20. The van der Waals surface area contributed by atoms with Gasteiger partial charge in [0, 0.05) is 43.9 Å². The van der Waals surface area contributed by atoms with Crippen LogP contribution in [0, 0.1) is 6.92 Å². The Morgan fingerprint density at radius 2 is 1.76 bits per heavy atom. The Labute approximate surface area is 150 Å². The van der Waals surface area contributed by atoms with Crippen molar-refractivity contribution >= 4 is 5.69 Å². The Morgan fingerprint density at radius 3 is 2.56 bits per heavy atom. The zero-order valence-electron chi connectivity index (χ0n) is 15.3. The second kappa shape index (κ2) is 7.61. The zero-order chi connectivity index (χ0) is 17.1. The number of benzene rings is 1. The standard InChI is InChI=1S/C21H29N3O/c1-17-8-10-18(11-9-17)24-15-13-23(14-16-24)12-4-7-21-19-5-2-3-6-20(19)22-25-21/h8-11H,2-7,12-16H2,1H3. The molecular weight excluding hydrogens is 310 g/mol.